The monoisotopic (exact) mass is 234 g/mol. The minimum Gasteiger partial charge on any atom is -0.321 e. The molecule has 0 saturated carbocycles. The molecule has 2 heterocycles. The maximum Gasteiger partial charge on any atom is 0.145 e. The highest BCUT2D eigenvalue weighted by Gasteiger charge is 2.17. The van der Waals surface area contributed by atoms with Crippen LogP contribution in [0.1, 0.15) is 50.0 Å². The smallest absolute Gasteiger partial charge is 0.145 e. The topological polar surface area (TPSA) is 63.8 Å². The third kappa shape index (κ3) is 3.01. The van der Waals surface area contributed by atoms with Crippen LogP contribution in [0.4, 0.5) is 0 Å². The van der Waals surface area contributed by atoms with E-state index >= 15 is 0 Å². The number of hydrogen-bond donors (Lipinski definition) is 2. The van der Waals surface area contributed by atoms with Crippen molar-refractivity contribution in [3.05, 3.63) is 23.8 Å². The SMILES string of the molecule is CC(C)C(N)c1ncc(C2CCNCC2)cn1. The number of piperidine rings is 1. The van der Waals surface area contributed by atoms with Gasteiger partial charge in [0.15, 0.2) is 0 Å². The minimum absolute atomic E-state index is 0.0583. The Morgan fingerprint density at radius 2 is 1.82 bits per heavy atom. The Bertz CT molecular complexity index is 341. The third-order valence-corrected chi connectivity index (χ3v) is 3.52. The fourth-order valence-corrected chi connectivity index (χ4v) is 2.18. The van der Waals surface area contributed by atoms with E-state index in [-0.39, 0.29) is 6.04 Å². The molecular weight excluding hydrogens is 212 g/mol. The average molecular weight is 234 g/mol. The first-order valence-corrected chi connectivity index (χ1v) is 6.46. The van der Waals surface area contributed by atoms with Crippen LogP contribution < -0.4 is 11.1 Å². The zero-order chi connectivity index (χ0) is 12.3. The van der Waals surface area contributed by atoms with Crippen LogP contribution in [0.2, 0.25) is 0 Å². The second-order valence-electron chi connectivity index (χ2n) is 5.17. The first-order chi connectivity index (χ1) is 8.18. The predicted molar refractivity (Wildman–Crippen MR) is 68.6 cm³/mol. The van der Waals surface area contributed by atoms with Crippen molar-refractivity contribution in [1.82, 2.24) is 15.3 Å². The number of nitrogens with two attached hydrogens (primary N) is 1. The van der Waals surface area contributed by atoms with Gasteiger partial charge in [0.25, 0.3) is 0 Å². The van der Waals surface area contributed by atoms with Crippen molar-refractivity contribution >= 4 is 0 Å². The Labute approximate surface area is 103 Å². The van der Waals surface area contributed by atoms with Crippen LogP contribution in [0.25, 0.3) is 0 Å². The Morgan fingerprint density at radius 1 is 1.24 bits per heavy atom. The highest BCUT2D eigenvalue weighted by atomic mass is 14.9. The number of nitrogens with one attached hydrogen (secondary N) is 1. The summed E-state index contributed by atoms with van der Waals surface area (Å²) >= 11 is 0. The van der Waals surface area contributed by atoms with Crippen LogP contribution in [-0.2, 0) is 0 Å². The van der Waals surface area contributed by atoms with Gasteiger partial charge in [-0.2, -0.15) is 0 Å². The van der Waals surface area contributed by atoms with Gasteiger partial charge in [-0.25, -0.2) is 9.97 Å². The molecule has 1 atom stereocenters. The van der Waals surface area contributed by atoms with E-state index in [1.807, 2.05) is 12.4 Å². The van der Waals surface area contributed by atoms with Gasteiger partial charge in [-0.15, -0.1) is 0 Å². The van der Waals surface area contributed by atoms with Gasteiger partial charge in [0, 0.05) is 12.4 Å². The molecule has 1 unspecified atom stereocenters. The molecule has 2 rings (SSSR count). The Balaban J connectivity index is 2.06. The molecule has 3 N–H and O–H groups in total. The zero-order valence-electron chi connectivity index (χ0n) is 10.7. The summed E-state index contributed by atoms with van der Waals surface area (Å²) in [5.41, 5.74) is 7.29. The summed E-state index contributed by atoms with van der Waals surface area (Å²) in [6.07, 6.45) is 6.28. The molecule has 0 amide bonds. The van der Waals surface area contributed by atoms with E-state index in [2.05, 4.69) is 29.1 Å². The summed E-state index contributed by atoms with van der Waals surface area (Å²) in [6, 6.07) is -0.0583. The molecule has 1 aliphatic rings. The molecule has 0 bridgehead atoms. The largest absolute Gasteiger partial charge is 0.321 e. The highest BCUT2D eigenvalue weighted by Crippen LogP contribution is 2.24. The second kappa shape index (κ2) is 5.56. The van der Waals surface area contributed by atoms with Crippen LogP contribution in [0.15, 0.2) is 12.4 Å². The summed E-state index contributed by atoms with van der Waals surface area (Å²) in [4.78, 5) is 8.84. The number of rotatable bonds is 3. The first-order valence-electron chi connectivity index (χ1n) is 6.46. The van der Waals surface area contributed by atoms with Gasteiger partial charge in [-0.05, 0) is 43.3 Å². The Morgan fingerprint density at radius 3 is 2.35 bits per heavy atom. The van der Waals surface area contributed by atoms with Crippen LogP contribution in [0.5, 0.6) is 0 Å². The summed E-state index contributed by atoms with van der Waals surface area (Å²) in [5, 5.41) is 3.37. The second-order valence-corrected chi connectivity index (χ2v) is 5.17. The number of nitrogens with zero attached hydrogens (tertiary/aromatic N) is 2. The fourth-order valence-electron chi connectivity index (χ4n) is 2.18. The van der Waals surface area contributed by atoms with E-state index in [0.717, 1.165) is 18.9 Å². The predicted octanol–water partition coefficient (Wildman–Crippen LogP) is 1.60. The molecule has 1 aromatic heterocycles. The lowest BCUT2D eigenvalue weighted by atomic mass is 9.92. The quantitative estimate of drug-likeness (QED) is 0.834. The van der Waals surface area contributed by atoms with Crippen molar-refractivity contribution in [3.8, 4) is 0 Å². The summed E-state index contributed by atoms with van der Waals surface area (Å²) in [5.74, 6) is 1.75. The summed E-state index contributed by atoms with van der Waals surface area (Å²) < 4.78 is 0. The Hall–Kier alpha value is -1.00. The van der Waals surface area contributed by atoms with Gasteiger partial charge in [-0.3, -0.25) is 0 Å². The van der Waals surface area contributed by atoms with Gasteiger partial charge in [-0.1, -0.05) is 13.8 Å². The van der Waals surface area contributed by atoms with E-state index in [9.17, 15) is 0 Å². The Kier molecular flexibility index (Phi) is 4.07. The molecule has 0 spiro atoms. The molecule has 0 aromatic carbocycles. The van der Waals surface area contributed by atoms with Crippen LogP contribution in [0.3, 0.4) is 0 Å². The van der Waals surface area contributed by atoms with Crippen molar-refractivity contribution in [1.29, 1.82) is 0 Å². The maximum absolute atomic E-state index is 6.03. The van der Waals surface area contributed by atoms with Gasteiger partial charge >= 0.3 is 0 Å². The molecule has 4 nitrogen and oxygen atoms in total. The standard InChI is InChI=1S/C13H22N4/c1-9(2)12(14)13-16-7-11(8-17-13)10-3-5-15-6-4-10/h7-10,12,15H,3-6,14H2,1-2H3. The van der Waals surface area contributed by atoms with Crippen molar-refractivity contribution in [2.75, 3.05) is 13.1 Å². The number of hydrogen-bond acceptors (Lipinski definition) is 4. The molecule has 17 heavy (non-hydrogen) atoms. The number of aromatic nitrogens is 2. The lowest BCUT2D eigenvalue weighted by Gasteiger charge is -2.22. The lowest BCUT2D eigenvalue weighted by molar-refractivity contribution is 0.455. The summed E-state index contributed by atoms with van der Waals surface area (Å²) in [7, 11) is 0. The van der Waals surface area contributed by atoms with Crippen molar-refractivity contribution in [3.63, 3.8) is 0 Å². The fraction of sp³-hybridized carbons (Fsp3) is 0.692. The molecule has 0 radical (unpaired) electrons. The molecule has 1 saturated heterocycles. The normalized spacial score (nSPS) is 19.5. The van der Waals surface area contributed by atoms with Crippen LogP contribution in [-0.4, -0.2) is 23.1 Å². The molecule has 0 aliphatic carbocycles. The van der Waals surface area contributed by atoms with Crippen molar-refractivity contribution in [2.45, 2.75) is 38.6 Å². The van der Waals surface area contributed by atoms with Gasteiger partial charge in [0.1, 0.15) is 5.82 Å². The molecule has 1 aliphatic heterocycles. The molecule has 4 heteroatoms. The van der Waals surface area contributed by atoms with E-state index < -0.39 is 0 Å². The average Bonchev–Trinajstić information content (AvgIpc) is 2.39. The van der Waals surface area contributed by atoms with Crippen LogP contribution in [0, 0.1) is 5.92 Å². The summed E-state index contributed by atoms with van der Waals surface area (Å²) in [6.45, 7) is 6.37. The van der Waals surface area contributed by atoms with E-state index in [4.69, 9.17) is 5.73 Å². The molecule has 94 valence electrons. The minimum atomic E-state index is -0.0583. The zero-order valence-corrected chi connectivity index (χ0v) is 10.7. The lowest BCUT2D eigenvalue weighted by Crippen LogP contribution is -2.27. The van der Waals surface area contributed by atoms with Crippen LogP contribution >= 0.6 is 0 Å². The first kappa shape index (κ1) is 12.5. The third-order valence-electron chi connectivity index (χ3n) is 3.52. The molecule has 1 fully saturated rings. The van der Waals surface area contributed by atoms with Gasteiger partial charge in [0.05, 0.1) is 6.04 Å². The molecular formula is C13H22N4. The highest BCUT2D eigenvalue weighted by molar-refractivity contribution is 5.13. The maximum atomic E-state index is 6.03. The molecule has 1 aromatic rings. The van der Waals surface area contributed by atoms with Gasteiger partial charge in [0.2, 0.25) is 0 Å². The van der Waals surface area contributed by atoms with Crippen molar-refractivity contribution < 1.29 is 0 Å². The van der Waals surface area contributed by atoms with E-state index in [1.165, 1.54) is 18.4 Å². The van der Waals surface area contributed by atoms with Crippen molar-refractivity contribution in [2.24, 2.45) is 11.7 Å². The van der Waals surface area contributed by atoms with E-state index in [1.54, 1.807) is 0 Å². The van der Waals surface area contributed by atoms with E-state index in [0.29, 0.717) is 11.8 Å². The van der Waals surface area contributed by atoms with Gasteiger partial charge < -0.3 is 11.1 Å².